The lowest BCUT2D eigenvalue weighted by molar-refractivity contribution is -0.140. The minimum absolute atomic E-state index is 0.314. The maximum atomic E-state index is 11.1. The second kappa shape index (κ2) is 14.3. The van der Waals surface area contributed by atoms with Crippen molar-refractivity contribution in [3.05, 3.63) is 12.3 Å². The largest absolute Gasteiger partial charge is 0.480 e. The number of hydrogen-bond acceptors (Lipinski definition) is 5. The summed E-state index contributed by atoms with van der Waals surface area (Å²) in [6.07, 6.45) is 12.8. The van der Waals surface area contributed by atoms with Crippen molar-refractivity contribution in [2.45, 2.75) is 83.2 Å². The van der Waals surface area contributed by atoms with Crippen LogP contribution in [0.4, 0.5) is 0 Å². The lowest BCUT2D eigenvalue weighted by Gasteiger charge is -2.22. The van der Waals surface area contributed by atoms with Crippen molar-refractivity contribution < 1.29 is 14.7 Å². The van der Waals surface area contributed by atoms with Crippen molar-refractivity contribution in [3.63, 3.8) is 0 Å². The average Bonchev–Trinajstić information content (AvgIpc) is 2.58. The molecule has 1 aliphatic rings. The van der Waals surface area contributed by atoms with Crippen LogP contribution in [0.5, 0.6) is 0 Å². The van der Waals surface area contributed by atoms with Crippen LogP contribution in [0.3, 0.4) is 0 Å². The summed E-state index contributed by atoms with van der Waals surface area (Å²) >= 11 is 0. The molecule has 1 atom stereocenters. The highest BCUT2D eigenvalue weighted by atomic mass is 33.1. The Morgan fingerprint density at radius 3 is 2.19 bits per heavy atom. The van der Waals surface area contributed by atoms with E-state index in [1.165, 1.54) is 75.5 Å². The summed E-state index contributed by atoms with van der Waals surface area (Å²) in [7, 11) is 3.11. The van der Waals surface area contributed by atoms with Crippen molar-refractivity contribution >= 4 is 33.5 Å². The van der Waals surface area contributed by atoms with E-state index in [2.05, 4.69) is 17.2 Å². The number of amides is 1. The molecule has 0 radical (unpaired) electrons. The highest BCUT2D eigenvalue weighted by Gasteiger charge is 2.18. The summed E-state index contributed by atoms with van der Waals surface area (Å²) in [6.45, 7) is 5.50. The Morgan fingerprint density at radius 1 is 1.08 bits per heavy atom. The summed E-state index contributed by atoms with van der Waals surface area (Å²) in [5.41, 5.74) is 1.08. The first kappa shape index (κ1) is 23.2. The SMILES string of the molecule is C=C(CCSSCC(NC(C)=O)C(=O)O)NC1CCCCCCCCC1. The molecule has 26 heavy (non-hydrogen) atoms. The van der Waals surface area contributed by atoms with Crippen LogP contribution in [0.15, 0.2) is 12.3 Å². The summed E-state index contributed by atoms with van der Waals surface area (Å²) in [5.74, 6) is -0.0563. The molecule has 1 unspecified atom stereocenters. The molecule has 0 aromatic carbocycles. The predicted molar refractivity (Wildman–Crippen MR) is 112 cm³/mol. The van der Waals surface area contributed by atoms with Crippen LogP contribution in [-0.4, -0.2) is 40.6 Å². The minimum atomic E-state index is -0.990. The van der Waals surface area contributed by atoms with Crippen molar-refractivity contribution in [1.29, 1.82) is 0 Å². The first-order valence-corrected chi connectivity index (χ1v) is 12.2. The van der Waals surface area contributed by atoms with Gasteiger partial charge in [-0.2, -0.15) is 0 Å². The van der Waals surface area contributed by atoms with Crippen LogP contribution in [0.25, 0.3) is 0 Å². The monoisotopic (exact) mass is 402 g/mol. The summed E-state index contributed by atoms with van der Waals surface area (Å²) in [5, 5.41) is 15.1. The standard InChI is InChI=1S/C19H34N2O3S2/c1-15(20-17-10-8-6-4-3-5-7-9-11-17)12-13-25-26-14-18(19(23)24)21-16(2)22/h17-18,20H,1,3-14H2,2H3,(H,21,22)(H,23,24). The molecule has 0 bridgehead atoms. The van der Waals surface area contributed by atoms with E-state index in [1.807, 2.05) is 0 Å². The van der Waals surface area contributed by atoms with Gasteiger partial charge in [-0.15, -0.1) is 0 Å². The Hall–Kier alpha value is -0.820. The van der Waals surface area contributed by atoms with Gasteiger partial charge in [0.15, 0.2) is 0 Å². The van der Waals surface area contributed by atoms with Gasteiger partial charge in [-0.05, 0) is 19.3 Å². The number of allylic oxidation sites excluding steroid dienone is 1. The van der Waals surface area contributed by atoms with Gasteiger partial charge in [-0.1, -0.05) is 73.1 Å². The fraction of sp³-hybridized carbons (Fsp3) is 0.789. The summed E-state index contributed by atoms with van der Waals surface area (Å²) < 4.78 is 0. The number of aliphatic carboxylic acids is 1. The van der Waals surface area contributed by atoms with Gasteiger partial charge >= 0.3 is 5.97 Å². The molecular formula is C19H34N2O3S2. The normalized spacial score (nSPS) is 17.9. The van der Waals surface area contributed by atoms with Gasteiger partial charge in [0.25, 0.3) is 0 Å². The van der Waals surface area contributed by atoms with Crippen LogP contribution in [0, 0.1) is 0 Å². The Kier molecular flexibility index (Phi) is 12.7. The number of carbonyl (C=O) groups is 2. The van der Waals surface area contributed by atoms with Gasteiger partial charge in [-0.3, -0.25) is 4.79 Å². The number of carboxylic acid groups (broad SMARTS) is 1. The Balaban J connectivity index is 2.18. The smallest absolute Gasteiger partial charge is 0.327 e. The molecular weight excluding hydrogens is 368 g/mol. The zero-order chi connectivity index (χ0) is 19.2. The molecule has 1 aliphatic carbocycles. The molecule has 0 aromatic heterocycles. The molecule has 0 saturated heterocycles. The zero-order valence-electron chi connectivity index (χ0n) is 15.9. The van der Waals surface area contributed by atoms with E-state index in [0.717, 1.165) is 17.9 Å². The predicted octanol–water partition coefficient (Wildman–Crippen LogP) is 4.34. The number of hydrogen-bond donors (Lipinski definition) is 3. The van der Waals surface area contributed by atoms with Crippen molar-refractivity contribution in [1.82, 2.24) is 10.6 Å². The van der Waals surface area contributed by atoms with Crippen LogP contribution >= 0.6 is 21.6 Å². The van der Waals surface area contributed by atoms with E-state index in [-0.39, 0.29) is 5.91 Å². The van der Waals surface area contributed by atoms with Crippen LogP contribution in [0.2, 0.25) is 0 Å². The van der Waals surface area contributed by atoms with Gasteiger partial charge in [0.2, 0.25) is 5.91 Å². The van der Waals surface area contributed by atoms with Gasteiger partial charge in [0, 0.05) is 30.2 Å². The fourth-order valence-electron chi connectivity index (χ4n) is 3.07. The molecule has 5 nitrogen and oxygen atoms in total. The molecule has 7 heteroatoms. The van der Waals surface area contributed by atoms with E-state index in [1.54, 1.807) is 10.8 Å². The third kappa shape index (κ3) is 11.7. The molecule has 0 heterocycles. The van der Waals surface area contributed by atoms with Crippen molar-refractivity contribution in [3.8, 4) is 0 Å². The molecule has 1 amide bonds. The lowest BCUT2D eigenvalue weighted by Crippen LogP contribution is -2.41. The minimum Gasteiger partial charge on any atom is -0.480 e. The van der Waals surface area contributed by atoms with Crippen LogP contribution in [0.1, 0.15) is 71.1 Å². The molecule has 0 aliphatic heterocycles. The van der Waals surface area contributed by atoms with E-state index in [0.29, 0.717) is 11.8 Å². The van der Waals surface area contributed by atoms with Gasteiger partial charge in [0.05, 0.1) is 0 Å². The number of carbonyl (C=O) groups excluding carboxylic acids is 1. The number of nitrogens with one attached hydrogen (secondary N) is 2. The van der Waals surface area contributed by atoms with E-state index < -0.39 is 12.0 Å². The molecule has 0 aromatic rings. The zero-order valence-corrected chi connectivity index (χ0v) is 17.6. The highest BCUT2D eigenvalue weighted by molar-refractivity contribution is 8.76. The second-order valence-electron chi connectivity index (χ2n) is 6.94. The maximum absolute atomic E-state index is 11.1. The van der Waals surface area contributed by atoms with Gasteiger partial charge in [0.1, 0.15) is 6.04 Å². The van der Waals surface area contributed by atoms with Crippen molar-refractivity contribution in [2.24, 2.45) is 0 Å². The summed E-state index contributed by atoms with van der Waals surface area (Å²) in [6, 6.07) is -0.274. The molecule has 0 spiro atoms. The van der Waals surface area contributed by atoms with E-state index >= 15 is 0 Å². The first-order valence-electron chi connectivity index (χ1n) is 9.67. The fourth-order valence-corrected chi connectivity index (χ4v) is 5.28. The van der Waals surface area contributed by atoms with Crippen molar-refractivity contribution in [2.75, 3.05) is 11.5 Å². The Morgan fingerprint density at radius 2 is 1.65 bits per heavy atom. The number of carboxylic acids is 1. The molecule has 150 valence electrons. The molecule has 1 saturated carbocycles. The quantitative estimate of drug-likeness (QED) is 0.373. The van der Waals surface area contributed by atoms with Gasteiger partial charge < -0.3 is 15.7 Å². The molecule has 1 rings (SSSR count). The third-order valence-corrected chi connectivity index (χ3v) is 6.91. The Labute approximate surface area is 165 Å². The highest BCUT2D eigenvalue weighted by Crippen LogP contribution is 2.24. The third-order valence-electron chi connectivity index (χ3n) is 4.49. The lowest BCUT2D eigenvalue weighted by atomic mass is 9.97. The topological polar surface area (TPSA) is 78.4 Å². The maximum Gasteiger partial charge on any atom is 0.327 e. The summed E-state index contributed by atoms with van der Waals surface area (Å²) in [4.78, 5) is 22.1. The van der Waals surface area contributed by atoms with E-state index in [4.69, 9.17) is 5.11 Å². The molecule has 3 N–H and O–H groups in total. The number of rotatable bonds is 10. The second-order valence-corrected chi connectivity index (χ2v) is 9.57. The first-order chi connectivity index (χ1) is 12.5. The average molecular weight is 403 g/mol. The van der Waals surface area contributed by atoms with Crippen LogP contribution in [-0.2, 0) is 9.59 Å². The van der Waals surface area contributed by atoms with Gasteiger partial charge in [-0.25, -0.2) is 4.79 Å². The molecule has 1 fully saturated rings. The van der Waals surface area contributed by atoms with Crippen LogP contribution < -0.4 is 10.6 Å². The Bertz CT molecular complexity index is 437. The van der Waals surface area contributed by atoms with E-state index in [9.17, 15) is 9.59 Å².